The zero-order chi connectivity index (χ0) is 38.2. The summed E-state index contributed by atoms with van der Waals surface area (Å²) in [6.07, 6.45) is -0.573. The summed E-state index contributed by atoms with van der Waals surface area (Å²) in [5, 5.41) is 7.09. The molecule has 4 aromatic rings. The van der Waals surface area contributed by atoms with Crippen molar-refractivity contribution in [3.05, 3.63) is 82.5 Å². The maximum Gasteiger partial charge on any atom is 0.673 e. The van der Waals surface area contributed by atoms with Crippen molar-refractivity contribution in [2.45, 2.75) is 38.3 Å². The lowest BCUT2D eigenvalue weighted by molar-refractivity contribution is -0.692. The summed E-state index contributed by atoms with van der Waals surface area (Å²) in [7, 11) is -12.0. The highest BCUT2D eigenvalue weighted by Gasteiger charge is 2.38. The van der Waals surface area contributed by atoms with Crippen LogP contribution in [0.1, 0.15) is 36.8 Å². The van der Waals surface area contributed by atoms with Gasteiger partial charge in [-0.1, -0.05) is 9.36 Å². The highest BCUT2D eigenvalue weighted by Crippen LogP contribution is 2.29. The Hall–Kier alpha value is -4.55. The van der Waals surface area contributed by atoms with Crippen LogP contribution in [-0.2, 0) is 13.1 Å². The average molecular weight is 762 g/mol. The molecule has 0 unspecified atom stereocenters. The lowest BCUT2D eigenvalue weighted by Gasteiger charge is -2.03. The largest absolute Gasteiger partial charge is 0.673 e. The first kappa shape index (κ1) is 39.9. The molecule has 0 bridgehead atoms. The second kappa shape index (κ2) is 14.7. The monoisotopic (exact) mass is 762 g/mol. The number of alkyl halides is 2. The molecule has 0 radical (unpaired) electrons. The first-order valence-corrected chi connectivity index (χ1v) is 12.9. The van der Waals surface area contributed by atoms with Crippen molar-refractivity contribution < 1.29 is 96.3 Å². The summed E-state index contributed by atoms with van der Waals surface area (Å²) in [4.78, 5) is 0. The number of hydrogen-bond donors (Lipinski definition) is 0. The van der Waals surface area contributed by atoms with Crippen LogP contribution in [0.2, 0.25) is 0 Å². The van der Waals surface area contributed by atoms with Crippen LogP contribution in [0.5, 0.6) is 0 Å². The van der Waals surface area contributed by atoms with Gasteiger partial charge >= 0.3 is 26.2 Å². The van der Waals surface area contributed by atoms with Gasteiger partial charge in [0, 0.05) is 23.0 Å². The summed E-state index contributed by atoms with van der Waals surface area (Å²) >= 11 is 0. The van der Waals surface area contributed by atoms with Crippen LogP contribution in [0, 0.1) is 58.2 Å². The van der Waals surface area contributed by atoms with Gasteiger partial charge in [0.1, 0.15) is 0 Å². The predicted octanol–water partition coefficient (Wildman–Crippen LogP) is 7.14. The van der Waals surface area contributed by atoms with E-state index in [-0.39, 0.29) is 37.6 Å². The molecule has 2 aliphatic heterocycles. The van der Waals surface area contributed by atoms with Gasteiger partial charge in [0.15, 0.2) is 12.3 Å². The molecule has 28 heteroatoms. The smallest absolute Gasteiger partial charge is 0.418 e. The minimum atomic E-state index is -6.00. The lowest BCUT2D eigenvalue weighted by Crippen LogP contribution is -2.30. The number of rotatable bonds is 2. The Bertz CT molecular complexity index is 1670. The third kappa shape index (κ3) is 8.97. The third-order valence-corrected chi connectivity index (χ3v) is 6.15. The van der Waals surface area contributed by atoms with Crippen molar-refractivity contribution in [2.75, 3.05) is 0 Å². The summed E-state index contributed by atoms with van der Waals surface area (Å²) in [6, 6.07) is 0. The van der Waals surface area contributed by atoms with E-state index in [1.165, 1.54) is 9.13 Å². The molecule has 2 aliphatic rings. The van der Waals surface area contributed by atoms with Crippen LogP contribution in [0.15, 0.2) is 12.7 Å². The normalized spacial score (nSPS) is 16.5. The number of benzene rings is 2. The van der Waals surface area contributed by atoms with Gasteiger partial charge in [-0.05, 0) is 0 Å². The molecule has 0 aliphatic carbocycles. The molecule has 4 heterocycles. The molecule has 0 fully saturated rings. The van der Waals surface area contributed by atoms with E-state index < -0.39 is 96.4 Å². The van der Waals surface area contributed by atoms with E-state index in [9.17, 15) is 87.2 Å². The molecule has 2 atom stereocenters. The maximum atomic E-state index is 13.6. The molecule has 2 aromatic carbocycles. The standard InChI is InChI=1S/2C11H6F6N3.2BF4/c2*12-4-1-2-19-3-20(18-11(4)19)10-8(16)6(14)5(13)7(15)9(10)17;2*2-1(3,4)5/h2*3-4H,1-2H2;;/q2*+1;2*-1/t2*4-;;/m11../s1. The fourth-order valence-electron chi connectivity index (χ4n) is 4.17. The SMILES string of the molecule is F[B-](F)(F)F.F[B-](F)(F)F.Fc1c(F)c(F)c(-n2c[n+]3c(n2)[C@H](F)CC3)c(F)c1F.Fc1c(F)c(F)c(-n2c[n+]3c(n2)[C@H](F)CC3)c(F)c1F. The van der Waals surface area contributed by atoms with E-state index in [4.69, 9.17) is 0 Å². The van der Waals surface area contributed by atoms with E-state index in [1.807, 2.05) is 0 Å². The molecule has 6 rings (SSSR count). The third-order valence-electron chi connectivity index (χ3n) is 6.15. The van der Waals surface area contributed by atoms with Gasteiger partial charge in [-0.15, -0.1) is 0 Å². The molecule has 6 nitrogen and oxygen atoms in total. The van der Waals surface area contributed by atoms with Crippen LogP contribution in [0.4, 0.5) is 87.2 Å². The van der Waals surface area contributed by atoms with E-state index >= 15 is 0 Å². The quantitative estimate of drug-likeness (QED) is 0.0718. The summed E-state index contributed by atoms with van der Waals surface area (Å²) in [5.41, 5.74) is -2.45. The van der Waals surface area contributed by atoms with Crippen molar-refractivity contribution >= 4 is 14.5 Å². The molecule has 276 valence electrons. The molecule has 0 saturated heterocycles. The Morgan fingerprint density at radius 3 is 0.900 bits per heavy atom. The fraction of sp³-hybridized carbons (Fsp3) is 0.273. The topological polar surface area (TPSA) is 43.4 Å². The second-order valence-corrected chi connectivity index (χ2v) is 9.56. The fourth-order valence-corrected chi connectivity index (χ4v) is 4.17. The first-order valence-electron chi connectivity index (χ1n) is 12.9. The van der Waals surface area contributed by atoms with Crippen molar-refractivity contribution in [1.82, 2.24) is 19.6 Å². The van der Waals surface area contributed by atoms with Crippen molar-refractivity contribution in [3.8, 4) is 11.4 Å². The highest BCUT2D eigenvalue weighted by molar-refractivity contribution is 6.50. The number of hydrogen-bond acceptors (Lipinski definition) is 2. The van der Waals surface area contributed by atoms with Gasteiger partial charge in [-0.2, -0.15) is 17.6 Å². The Kier molecular flexibility index (Phi) is 11.8. The highest BCUT2D eigenvalue weighted by atomic mass is 19.5. The maximum absolute atomic E-state index is 13.6. The van der Waals surface area contributed by atoms with E-state index in [2.05, 4.69) is 10.2 Å². The Morgan fingerprint density at radius 2 is 0.680 bits per heavy atom. The van der Waals surface area contributed by atoms with E-state index in [1.54, 1.807) is 0 Å². The minimum absolute atomic E-state index is 0.117. The second-order valence-electron chi connectivity index (χ2n) is 9.56. The summed E-state index contributed by atoms with van der Waals surface area (Å²) < 4.78 is 241. The minimum Gasteiger partial charge on any atom is -0.418 e. The Labute approximate surface area is 263 Å². The van der Waals surface area contributed by atoms with Crippen LogP contribution in [-0.4, -0.2) is 34.1 Å². The van der Waals surface area contributed by atoms with Gasteiger partial charge in [0.2, 0.25) is 82.2 Å². The average Bonchev–Trinajstić information content (AvgIpc) is 3.76. The zero-order valence-corrected chi connectivity index (χ0v) is 23.5. The van der Waals surface area contributed by atoms with Crippen LogP contribution in [0.25, 0.3) is 11.4 Å². The van der Waals surface area contributed by atoms with Gasteiger partial charge in [-0.3, -0.25) is 0 Å². The van der Waals surface area contributed by atoms with Gasteiger partial charge in [0.05, 0.1) is 13.1 Å². The first-order chi connectivity index (χ1) is 22.8. The summed E-state index contributed by atoms with van der Waals surface area (Å²) in [5.74, 6) is -21.1. The summed E-state index contributed by atoms with van der Waals surface area (Å²) in [6.45, 7) is 0.428. The molecule has 0 saturated carbocycles. The number of aryl methyl sites for hydroxylation is 2. The number of fused-ring (bicyclic) bond motifs is 2. The number of aromatic nitrogens is 6. The Balaban J connectivity index is 0.000000214. The molecule has 0 amide bonds. The zero-order valence-electron chi connectivity index (χ0n) is 23.5. The molecule has 2 aromatic heterocycles. The van der Waals surface area contributed by atoms with Gasteiger partial charge < -0.3 is 34.5 Å². The van der Waals surface area contributed by atoms with Crippen LogP contribution < -0.4 is 9.13 Å². The van der Waals surface area contributed by atoms with Gasteiger partial charge in [-0.25, -0.2) is 44.3 Å². The molecule has 0 N–H and O–H groups in total. The Morgan fingerprint density at radius 1 is 0.460 bits per heavy atom. The number of nitrogens with zero attached hydrogens (tertiary/aromatic N) is 6. The molecule has 50 heavy (non-hydrogen) atoms. The predicted molar refractivity (Wildman–Crippen MR) is 124 cm³/mol. The molecular formula is C22H12B2F20N6. The number of halogens is 20. The van der Waals surface area contributed by atoms with Crippen LogP contribution in [0.3, 0.4) is 0 Å². The lowest BCUT2D eigenvalue weighted by atomic mass is 10.2. The van der Waals surface area contributed by atoms with Gasteiger partial charge in [0.25, 0.3) is 0 Å². The van der Waals surface area contributed by atoms with Crippen molar-refractivity contribution in [1.29, 1.82) is 0 Å². The van der Waals surface area contributed by atoms with Crippen molar-refractivity contribution in [3.63, 3.8) is 0 Å². The molecule has 0 spiro atoms. The van der Waals surface area contributed by atoms with Crippen molar-refractivity contribution in [2.24, 2.45) is 0 Å². The molecular weight excluding hydrogens is 750 g/mol. The van der Waals surface area contributed by atoms with E-state index in [0.29, 0.717) is 9.36 Å². The van der Waals surface area contributed by atoms with Crippen LogP contribution >= 0.6 is 0 Å². The van der Waals surface area contributed by atoms with E-state index in [0.717, 1.165) is 12.7 Å².